The number of rotatable bonds is 6. The summed E-state index contributed by atoms with van der Waals surface area (Å²) in [6.45, 7) is 4.94. The summed E-state index contributed by atoms with van der Waals surface area (Å²) in [7, 11) is 3.26. The molecule has 20 heavy (non-hydrogen) atoms. The van der Waals surface area contributed by atoms with Crippen molar-refractivity contribution in [1.82, 2.24) is 10.2 Å². The fourth-order valence-electron chi connectivity index (χ4n) is 1.70. The van der Waals surface area contributed by atoms with Crippen LogP contribution >= 0.6 is 0 Å². The van der Waals surface area contributed by atoms with Gasteiger partial charge in [-0.25, -0.2) is 4.79 Å². The molecule has 0 fully saturated rings. The standard InChI is InChI=1S/C15H24N2O3/c1-11(2)9-16-15(19)17(3)10-14(18)12-5-7-13(20-4)8-6-12/h5-8,11,14,18H,9-10H2,1-4H3,(H,16,19). The zero-order valence-electron chi connectivity index (χ0n) is 12.6. The van der Waals surface area contributed by atoms with Crippen molar-refractivity contribution >= 4 is 6.03 Å². The highest BCUT2D eigenvalue weighted by molar-refractivity contribution is 5.73. The van der Waals surface area contributed by atoms with Gasteiger partial charge in [-0.1, -0.05) is 26.0 Å². The van der Waals surface area contributed by atoms with Gasteiger partial charge < -0.3 is 20.1 Å². The molecule has 112 valence electrons. The number of hydrogen-bond donors (Lipinski definition) is 2. The first-order valence-corrected chi connectivity index (χ1v) is 6.75. The third-order valence-electron chi connectivity index (χ3n) is 2.96. The molecule has 5 heteroatoms. The zero-order valence-corrected chi connectivity index (χ0v) is 12.6. The van der Waals surface area contributed by atoms with E-state index in [0.29, 0.717) is 12.5 Å². The lowest BCUT2D eigenvalue weighted by Crippen LogP contribution is -2.40. The zero-order chi connectivity index (χ0) is 15.1. The summed E-state index contributed by atoms with van der Waals surface area (Å²) >= 11 is 0. The smallest absolute Gasteiger partial charge is 0.317 e. The molecule has 1 aromatic carbocycles. The minimum absolute atomic E-state index is 0.175. The van der Waals surface area contributed by atoms with Crippen LogP contribution in [-0.2, 0) is 0 Å². The maximum atomic E-state index is 11.8. The molecule has 1 rings (SSSR count). The number of nitrogens with zero attached hydrogens (tertiary/aromatic N) is 1. The molecule has 0 saturated heterocycles. The van der Waals surface area contributed by atoms with E-state index in [0.717, 1.165) is 11.3 Å². The molecule has 0 aromatic heterocycles. The van der Waals surface area contributed by atoms with Crippen LogP contribution in [0.3, 0.4) is 0 Å². The van der Waals surface area contributed by atoms with Crippen LogP contribution in [0.5, 0.6) is 5.75 Å². The average Bonchev–Trinajstić information content (AvgIpc) is 2.44. The van der Waals surface area contributed by atoms with Crippen molar-refractivity contribution in [3.8, 4) is 5.75 Å². The van der Waals surface area contributed by atoms with Crippen molar-refractivity contribution in [1.29, 1.82) is 0 Å². The number of carbonyl (C=O) groups is 1. The van der Waals surface area contributed by atoms with Crippen LogP contribution in [0.4, 0.5) is 4.79 Å². The third-order valence-corrected chi connectivity index (χ3v) is 2.96. The lowest BCUT2D eigenvalue weighted by molar-refractivity contribution is 0.131. The minimum Gasteiger partial charge on any atom is -0.497 e. The maximum absolute atomic E-state index is 11.8. The van der Waals surface area contributed by atoms with E-state index >= 15 is 0 Å². The number of nitrogens with one attached hydrogen (secondary N) is 1. The number of hydrogen-bond acceptors (Lipinski definition) is 3. The molecule has 0 saturated carbocycles. The van der Waals surface area contributed by atoms with E-state index in [1.54, 1.807) is 38.4 Å². The van der Waals surface area contributed by atoms with Gasteiger partial charge in [0.25, 0.3) is 0 Å². The molecule has 1 aromatic rings. The van der Waals surface area contributed by atoms with Gasteiger partial charge in [-0.3, -0.25) is 0 Å². The molecule has 0 aliphatic rings. The number of amides is 2. The topological polar surface area (TPSA) is 61.8 Å². The number of likely N-dealkylation sites (N-methyl/N-ethyl adjacent to an activating group) is 1. The second-order valence-electron chi connectivity index (χ2n) is 5.25. The second-order valence-corrected chi connectivity index (χ2v) is 5.25. The van der Waals surface area contributed by atoms with Crippen LogP contribution in [-0.4, -0.2) is 43.3 Å². The fraction of sp³-hybridized carbons (Fsp3) is 0.533. The number of urea groups is 1. The van der Waals surface area contributed by atoms with Gasteiger partial charge >= 0.3 is 6.03 Å². The van der Waals surface area contributed by atoms with Gasteiger partial charge in [-0.05, 0) is 23.6 Å². The molecule has 0 spiro atoms. The van der Waals surface area contributed by atoms with Gasteiger partial charge in [0.1, 0.15) is 5.75 Å². The number of methoxy groups -OCH3 is 1. The molecule has 1 unspecified atom stereocenters. The number of ether oxygens (including phenoxy) is 1. The highest BCUT2D eigenvalue weighted by atomic mass is 16.5. The van der Waals surface area contributed by atoms with E-state index in [-0.39, 0.29) is 12.6 Å². The van der Waals surface area contributed by atoms with Crippen LogP contribution in [0.1, 0.15) is 25.5 Å². The van der Waals surface area contributed by atoms with Crippen molar-refractivity contribution in [2.75, 3.05) is 27.2 Å². The van der Waals surface area contributed by atoms with Crippen molar-refractivity contribution in [3.63, 3.8) is 0 Å². The summed E-state index contributed by atoms with van der Waals surface area (Å²) in [5, 5.41) is 12.9. The molecule has 0 aliphatic carbocycles. The SMILES string of the molecule is COc1ccc(C(O)CN(C)C(=O)NCC(C)C)cc1. The van der Waals surface area contributed by atoms with Crippen molar-refractivity contribution in [2.45, 2.75) is 20.0 Å². The highest BCUT2D eigenvalue weighted by Crippen LogP contribution is 2.18. The maximum Gasteiger partial charge on any atom is 0.317 e. The summed E-state index contributed by atoms with van der Waals surface area (Å²) in [5.41, 5.74) is 0.759. The van der Waals surface area contributed by atoms with Crippen molar-refractivity contribution < 1.29 is 14.6 Å². The Morgan fingerprint density at radius 3 is 2.45 bits per heavy atom. The summed E-state index contributed by atoms with van der Waals surface area (Å²) < 4.78 is 5.07. The van der Waals surface area contributed by atoms with Crippen LogP contribution in [0, 0.1) is 5.92 Å². The van der Waals surface area contributed by atoms with Crippen LogP contribution in [0.25, 0.3) is 0 Å². The monoisotopic (exact) mass is 280 g/mol. The summed E-state index contributed by atoms with van der Waals surface area (Å²) in [6, 6.07) is 6.99. The lowest BCUT2D eigenvalue weighted by Gasteiger charge is -2.22. The molecule has 0 radical (unpaired) electrons. The minimum atomic E-state index is -0.712. The van der Waals surface area contributed by atoms with E-state index in [4.69, 9.17) is 4.74 Å². The van der Waals surface area contributed by atoms with Gasteiger partial charge in [-0.15, -0.1) is 0 Å². The van der Waals surface area contributed by atoms with Gasteiger partial charge in [0.15, 0.2) is 0 Å². The Hall–Kier alpha value is -1.75. The highest BCUT2D eigenvalue weighted by Gasteiger charge is 2.15. The van der Waals surface area contributed by atoms with Gasteiger partial charge in [-0.2, -0.15) is 0 Å². The summed E-state index contributed by atoms with van der Waals surface area (Å²) in [6.07, 6.45) is -0.712. The van der Waals surface area contributed by atoms with Crippen LogP contribution in [0.2, 0.25) is 0 Å². The molecular weight excluding hydrogens is 256 g/mol. The van der Waals surface area contributed by atoms with Gasteiger partial charge in [0, 0.05) is 13.6 Å². The van der Waals surface area contributed by atoms with E-state index in [2.05, 4.69) is 5.32 Å². The Bertz CT molecular complexity index is 418. The number of aliphatic hydroxyl groups is 1. The van der Waals surface area contributed by atoms with E-state index in [9.17, 15) is 9.90 Å². The van der Waals surface area contributed by atoms with Crippen molar-refractivity contribution in [3.05, 3.63) is 29.8 Å². The molecule has 0 aliphatic heterocycles. The van der Waals surface area contributed by atoms with Gasteiger partial charge in [0.05, 0.1) is 19.8 Å². The average molecular weight is 280 g/mol. The molecule has 5 nitrogen and oxygen atoms in total. The van der Waals surface area contributed by atoms with Crippen LogP contribution < -0.4 is 10.1 Å². The Morgan fingerprint density at radius 2 is 1.95 bits per heavy atom. The second kappa shape index (κ2) is 7.75. The molecule has 2 amide bonds. The third kappa shape index (κ3) is 5.09. The Labute approximate surface area is 120 Å². The largest absolute Gasteiger partial charge is 0.497 e. The molecule has 2 N–H and O–H groups in total. The van der Waals surface area contributed by atoms with E-state index in [1.807, 2.05) is 13.8 Å². The molecule has 0 bridgehead atoms. The lowest BCUT2D eigenvalue weighted by atomic mass is 10.1. The number of carbonyl (C=O) groups excluding carboxylic acids is 1. The number of benzene rings is 1. The predicted molar refractivity (Wildman–Crippen MR) is 78.8 cm³/mol. The predicted octanol–water partition coefficient (Wildman–Crippen LogP) is 2.03. The summed E-state index contributed by atoms with van der Waals surface area (Å²) in [5.74, 6) is 1.14. The molecular formula is C15H24N2O3. The first-order valence-electron chi connectivity index (χ1n) is 6.75. The van der Waals surface area contributed by atoms with E-state index < -0.39 is 6.10 Å². The molecule has 0 heterocycles. The Balaban J connectivity index is 2.51. The summed E-state index contributed by atoms with van der Waals surface area (Å²) in [4.78, 5) is 13.3. The van der Waals surface area contributed by atoms with E-state index in [1.165, 1.54) is 4.90 Å². The fourth-order valence-corrected chi connectivity index (χ4v) is 1.70. The Kier molecular flexibility index (Phi) is 6.31. The quantitative estimate of drug-likeness (QED) is 0.838. The van der Waals surface area contributed by atoms with Gasteiger partial charge in [0.2, 0.25) is 0 Å². The Morgan fingerprint density at radius 1 is 1.35 bits per heavy atom. The van der Waals surface area contributed by atoms with Crippen molar-refractivity contribution in [2.24, 2.45) is 5.92 Å². The first-order chi connectivity index (χ1) is 9.43. The number of aliphatic hydroxyl groups excluding tert-OH is 1. The first kappa shape index (κ1) is 16.3. The van der Waals surface area contributed by atoms with Crippen LogP contribution in [0.15, 0.2) is 24.3 Å². The normalized spacial score (nSPS) is 12.1. The molecule has 1 atom stereocenters.